The molecule has 7 nitrogen and oxygen atoms in total. The van der Waals surface area contributed by atoms with Gasteiger partial charge in [0.1, 0.15) is 10.1 Å². The topological polar surface area (TPSA) is 121 Å². The van der Waals surface area contributed by atoms with Crippen LogP contribution in [0.5, 0.6) is 0 Å². The standard InChI is InChI=1S/C19H14N2O5S.Na/c1-10-5-7-11(8-6-10)21-18(22)13-4-2-3-12-16(13)14(19(21)23)9-15(17(12)20)27(24,25)26;/h2-9H,20H2,1H3,(H,24,25,26);/q;+1/p-1. The van der Waals surface area contributed by atoms with E-state index in [1.54, 1.807) is 24.3 Å². The molecule has 0 aliphatic carbocycles. The number of carbonyl (C=O) groups is 2. The molecule has 1 aliphatic rings. The van der Waals surface area contributed by atoms with E-state index in [0.717, 1.165) is 16.5 Å². The number of benzene rings is 3. The van der Waals surface area contributed by atoms with E-state index in [-0.39, 0.29) is 57.1 Å². The second-order valence-electron chi connectivity index (χ2n) is 6.30. The molecule has 136 valence electrons. The Balaban J connectivity index is 0.00000225. The Hall–Kier alpha value is -2.23. The van der Waals surface area contributed by atoms with Gasteiger partial charge in [-0.15, -0.1) is 0 Å². The zero-order valence-electron chi connectivity index (χ0n) is 15.1. The molecule has 3 aromatic rings. The van der Waals surface area contributed by atoms with E-state index in [0.29, 0.717) is 5.69 Å². The first-order valence-electron chi connectivity index (χ1n) is 7.96. The Morgan fingerprint density at radius 3 is 2.18 bits per heavy atom. The fourth-order valence-corrected chi connectivity index (χ4v) is 3.94. The summed E-state index contributed by atoms with van der Waals surface area (Å²) in [4.78, 5) is 26.3. The van der Waals surface area contributed by atoms with Crippen molar-refractivity contribution in [1.82, 2.24) is 0 Å². The van der Waals surface area contributed by atoms with E-state index in [2.05, 4.69) is 0 Å². The quantitative estimate of drug-likeness (QED) is 0.265. The molecule has 0 atom stereocenters. The Kier molecular flexibility index (Phi) is 5.11. The summed E-state index contributed by atoms with van der Waals surface area (Å²) in [5, 5.41) is 0.436. The molecule has 0 fully saturated rings. The molecule has 4 rings (SSSR count). The van der Waals surface area contributed by atoms with Gasteiger partial charge in [0.2, 0.25) is 0 Å². The SMILES string of the molecule is Cc1ccc(N2C(=O)c3cccc4c(N)c(S(=O)(=O)[O-])cc(c34)C2=O)cc1.[Na+]. The normalized spacial score (nSPS) is 13.6. The van der Waals surface area contributed by atoms with Gasteiger partial charge in [0, 0.05) is 16.3 Å². The first kappa shape index (κ1) is 20.5. The van der Waals surface area contributed by atoms with Gasteiger partial charge in [-0.25, -0.2) is 13.3 Å². The summed E-state index contributed by atoms with van der Waals surface area (Å²) in [5.74, 6) is -1.25. The summed E-state index contributed by atoms with van der Waals surface area (Å²) in [7, 11) is -4.90. The number of imide groups is 1. The van der Waals surface area contributed by atoms with Gasteiger partial charge in [0.05, 0.1) is 21.8 Å². The molecule has 1 heterocycles. The Morgan fingerprint density at radius 2 is 1.57 bits per heavy atom. The van der Waals surface area contributed by atoms with Crippen molar-refractivity contribution >= 4 is 44.1 Å². The molecule has 9 heteroatoms. The number of hydrogen-bond donors (Lipinski definition) is 1. The maximum atomic E-state index is 13.1. The zero-order chi connectivity index (χ0) is 19.5. The molecule has 1 aliphatic heterocycles. The van der Waals surface area contributed by atoms with E-state index in [9.17, 15) is 22.6 Å². The van der Waals surface area contributed by atoms with Gasteiger partial charge in [0.25, 0.3) is 11.8 Å². The van der Waals surface area contributed by atoms with Crippen LogP contribution in [0.1, 0.15) is 26.3 Å². The molecule has 0 spiro atoms. The fraction of sp³-hybridized carbons (Fsp3) is 0.0526. The van der Waals surface area contributed by atoms with Crippen LogP contribution in [-0.2, 0) is 10.1 Å². The Bertz CT molecular complexity index is 1250. The van der Waals surface area contributed by atoms with Crippen LogP contribution in [0.4, 0.5) is 11.4 Å². The van der Waals surface area contributed by atoms with Gasteiger partial charge in [-0.2, -0.15) is 0 Å². The predicted molar refractivity (Wildman–Crippen MR) is 98.6 cm³/mol. The summed E-state index contributed by atoms with van der Waals surface area (Å²) < 4.78 is 34.8. The molecule has 0 aromatic heterocycles. The molecule has 0 radical (unpaired) electrons. The van der Waals surface area contributed by atoms with E-state index >= 15 is 0 Å². The number of nitrogens with zero attached hydrogens (tertiary/aromatic N) is 1. The Labute approximate surface area is 183 Å². The number of aryl methyl sites for hydroxylation is 1. The predicted octanol–water partition coefficient (Wildman–Crippen LogP) is -0.561. The number of hydrogen-bond acceptors (Lipinski definition) is 6. The minimum Gasteiger partial charge on any atom is -0.744 e. The molecule has 3 aromatic carbocycles. The van der Waals surface area contributed by atoms with Gasteiger partial charge in [-0.05, 0) is 31.2 Å². The summed E-state index contributed by atoms with van der Waals surface area (Å²) in [6.45, 7) is 1.87. The van der Waals surface area contributed by atoms with Gasteiger partial charge in [0.15, 0.2) is 0 Å². The van der Waals surface area contributed by atoms with Crippen LogP contribution in [0, 0.1) is 6.92 Å². The van der Waals surface area contributed by atoms with Crippen molar-refractivity contribution in [2.45, 2.75) is 11.8 Å². The number of nitrogen functional groups attached to an aromatic ring is 1. The average Bonchev–Trinajstić information content (AvgIpc) is 2.61. The van der Waals surface area contributed by atoms with Crippen molar-refractivity contribution in [2.24, 2.45) is 0 Å². The summed E-state index contributed by atoms with van der Waals surface area (Å²) in [6.07, 6.45) is 0. The minimum absolute atomic E-state index is 0. The average molecular weight is 404 g/mol. The molecule has 0 saturated carbocycles. The Morgan fingerprint density at radius 1 is 0.964 bits per heavy atom. The van der Waals surface area contributed by atoms with Gasteiger partial charge in [-0.1, -0.05) is 29.8 Å². The van der Waals surface area contributed by atoms with Crippen LogP contribution in [0.25, 0.3) is 10.8 Å². The first-order valence-corrected chi connectivity index (χ1v) is 9.37. The molecule has 0 unspecified atom stereocenters. The number of anilines is 2. The van der Waals surface area contributed by atoms with Crippen LogP contribution < -0.4 is 40.2 Å². The van der Waals surface area contributed by atoms with Crippen LogP contribution in [0.15, 0.2) is 53.4 Å². The zero-order valence-corrected chi connectivity index (χ0v) is 17.9. The monoisotopic (exact) mass is 404 g/mol. The van der Waals surface area contributed by atoms with E-state index in [1.807, 2.05) is 6.92 Å². The van der Waals surface area contributed by atoms with Crippen LogP contribution in [0.3, 0.4) is 0 Å². The number of nitrogens with two attached hydrogens (primary N) is 1. The third kappa shape index (κ3) is 3.03. The first-order chi connectivity index (χ1) is 12.7. The molecule has 0 bridgehead atoms. The van der Waals surface area contributed by atoms with Gasteiger partial charge < -0.3 is 10.3 Å². The van der Waals surface area contributed by atoms with Gasteiger partial charge in [-0.3, -0.25) is 9.59 Å². The van der Waals surface area contributed by atoms with Crippen molar-refractivity contribution in [3.8, 4) is 0 Å². The van der Waals surface area contributed by atoms with Gasteiger partial charge >= 0.3 is 29.6 Å². The minimum atomic E-state index is -4.90. The van der Waals surface area contributed by atoms with Crippen molar-refractivity contribution in [3.63, 3.8) is 0 Å². The number of amides is 2. The van der Waals surface area contributed by atoms with E-state index in [4.69, 9.17) is 5.73 Å². The number of carbonyl (C=O) groups excluding carboxylic acids is 2. The van der Waals surface area contributed by atoms with E-state index < -0.39 is 26.8 Å². The number of rotatable bonds is 2. The van der Waals surface area contributed by atoms with Crippen LogP contribution in [-0.4, -0.2) is 24.8 Å². The summed E-state index contributed by atoms with van der Waals surface area (Å²) in [5.41, 5.74) is 7.05. The smallest absolute Gasteiger partial charge is 0.744 e. The molecule has 2 N–H and O–H groups in total. The third-order valence-electron chi connectivity index (χ3n) is 4.59. The molecule has 2 amide bonds. The molecular weight excluding hydrogens is 391 g/mol. The second-order valence-corrected chi connectivity index (χ2v) is 7.65. The van der Waals surface area contributed by atoms with Crippen molar-refractivity contribution in [3.05, 3.63) is 65.2 Å². The second kappa shape index (κ2) is 6.98. The van der Waals surface area contributed by atoms with Crippen molar-refractivity contribution in [2.75, 3.05) is 10.6 Å². The van der Waals surface area contributed by atoms with Crippen LogP contribution in [0.2, 0.25) is 0 Å². The van der Waals surface area contributed by atoms with E-state index in [1.165, 1.54) is 18.2 Å². The molecule has 0 saturated heterocycles. The fourth-order valence-electron chi connectivity index (χ4n) is 3.30. The maximum absolute atomic E-state index is 13.1. The molecular formula is C19H13N2NaO5S. The maximum Gasteiger partial charge on any atom is 1.00 e. The molecule has 28 heavy (non-hydrogen) atoms. The largest absolute Gasteiger partial charge is 1.00 e. The third-order valence-corrected chi connectivity index (χ3v) is 5.47. The van der Waals surface area contributed by atoms with Crippen molar-refractivity contribution < 1.29 is 52.1 Å². The summed E-state index contributed by atoms with van der Waals surface area (Å²) >= 11 is 0. The summed E-state index contributed by atoms with van der Waals surface area (Å²) in [6, 6.07) is 12.3. The van der Waals surface area contributed by atoms with Crippen molar-refractivity contribution in [1.29, 1.82) is 0 Å². The van der Waals surface area contributed by atoms with Crippen LogP contribution >= 0.6 is 0 Å².